The van der Waals surface area contributed by atoms with Crippen LogP contribution in [0.3, 0.4) is 0 Å². The minimum Gasteiger partial charge on any atom is -0.494 e. The van der Waals surface area contributed by atoms with Gasteiger partial charge in [-0.25, -0.2) is 18.4 Å². The van der Waals surface area contributed by atoms with Crippen LogP contribution in [0.25, 0.3) is 17.1 Å². The molecule has 0 saturated heterocycles. The summed E-state index contributed by atoms with van der Waals surface area (Å²) in [5, 5.41) is 12.1. The zero-order valence-electron chi connectivity index (χ0n) is 23.7. The van der Waals surface area contributed by atoms with Crippen molar-refractivity contribution in [2.24, 2.45) is 0 Å². The van der Waals surface area contributed by atoms with Crippen LogP contribution in [0.15, 0.2) is 95.0 Å². The van der Waals surface area contributed by atoms with Gasteiger partial charge in [-0.2, -0.15) is 0 Å². The molecule has 0 aliphatic rings. The first-order valence-electron chi connectivity index (χ1n) is 13.3. The molecule has 1 amide bonds. The molecule has 2 heterocycles. The van der Waals surface area contributed by atoms with Gasteiger partial charge in [0, 0.05) is 28.7 Å². The highest BCUT2D eigenvalue weighted by Crippen LogP contribution is 2.29. The van der Waals surface area contributed by atoms with Crippen molar-refractivity contribution >= 4 is 39.2 Å². The van der Waals surface area contributed by atoms with E-state index in [0.29, 0.717) is 34.8 Å². The Morgan fingerprint density at radius 2 is 1.65 bits per heavy atom. The van der Waals surface area contributed by atoms with E-state index in [4.69, 9.17) is 4.74 Å². The molecule has 5 rings (SSSR count). The van der Waals surface area contributed by atoms with E-state index >= 15 is 0 Å². The molecule has 3 aromatic carbocycles. The van der Waals surface area contributed by atoms with Crippen molar-refractivity contribution in [2.45, 2.75) is 30.8 Å². The molecule has 0 unspecified atom stereocenters. The highest BCUT2D eigenvalue weighted by atomic mass is 32.2. The molecule has 0 aliphatic carbocycles. The van der Waals surface area contributed by atoms with E-state index in [1.165, 1.54) is 36.0 Å². The Morgan fingerprint density at radius 1 is 0.930 bits per heavy atom. The molecule has 0 bridgehead atoms. The minimum absolute atomic E-state index is 0.0330. The molecule has 2 N–H and O–H groups in total. The van der Waals surface area contributed by atoms with Crippen molar-refractivity contribution in [2.75, 3.05) is 22.4 Å². The SMILES string of the molecule is CCOc1ccc(-n2c(SCC(=O)Nc3ccc(S(=O)(=O)Nc4cc(C)nc(C)n4)cc3)nnc2-c2ccccc2)cc1. The quantitative estimate of drug-likeness (QED) is 0.190. The summed E-state index contributed by atoms with van der Waals surface area (Å²) in [6, 6.07) is 24.7. The van der Waals surface area contributed by atoms with Crippen molar-refractivity contribution in [1.82, 2.24) is 24.7 Å². The van der Waals surface area contributed by atoms with Crippen molar-refractivity contribution in [3.05, 3.63) is 96.4 Å². The molecular weight excluding hydrogens is 587 g/mol. The van der Waals surface area contributed by atoms with Crippen molar-refractivity contribution in [3.63, 3.8) is 0 Å². The van der Waals surface area contributed by atoms with Gasteiger partial charge in [0.25, 0.3) is 10.0 Å². The number of nitrogens with zero attached hydrogens (tertiary/aromatic N) is 5. The van der Waals surface area contributed by atoms with E-state index in [0.717, 1.165) is 17.0 Å². The van der Waals surface area contributed by atoms with E-state index < -0.39 is 10.0 Å². The van der Waals surface area contributed by atoms with Gasteiger partial charge in [-0.05, 0) is 69.3 Å². The Balaban J connectivity index is 1.28. The molecule has 0 fully saturated rings. The maximum Gasteiger partial charge on any atom is 0.263 e. The standard InChI is InChI=1S/C30H29N7O4S2/c1-4-41-25-14-12-24(13-15-25)37-29(22-8-6-5-7-9-22)34-35-30(37)42-19-28(38)33-23-10-16-26(17-11-23)43(39,40)36-27-18-20(2)31-21(3)32-27/h5-18H,4,19H2,1-3H3,(H,33,38)(H,31,32,36). The fraction of sp³-hybridized carbons (Fsp3) is 0.167. The van der Waals surface area contributed by atoms with Crippen LogP contribution in [0.1, 0.15) is 18.4 Å². The summed E-state index contributed by atoms with van der Waals surface area (Å²) in [5.74, 6) is 1.81. The Morgan fingerprint density at radius 3 is 2.33 bits per heavy atom. The lowest BCUT2D eigenvalue weighted by Gasteiger charge is -2.12. The second-order valence-electron chi connectivity index (χ2n) is 9.34. The van der Waals surface area contributed by atoms with Gasteiger partial charge in [-0.1, -0.05) is 42.1 Å². The highest BCUT2D eigenvalue weighted by molar-refractivity contribution is 7.99. The maximum atomic E-state index is 12.9. The second-order valence-corrected chi connectivity index (χ2v) is 12.0. The number of rotatable bonds is 11. The monoisotopic (exact) mass is 615 g/mol. The summed E-state index contributed by atoms with van der Waals surface area (Å²) in [5.41, 5.74) is 2.81. The number of carbonyl (C=O) groups is 1. The summed E-state index contributed by atoms with van der Waals surface area (Å²) in [6.07, 6.45) is 0. The Kier molecular flexibility index (Phi) is 9.02. The number of aryl methyl sites for hydroxylation is 2. The molecule has 220 valence electrons. The Hall–Kier alpha value is -4.75. The molecule has 2 aromatic heterocycles. The number of aromatic nitrogens is 5. The number of sulfonamides is 1. The van der Waals surface area contributed by atoms with Gasteiger partial charge in [0.05, 0.1) is 17.3 Å². The zero-order chi connectivity index (χ0) is 30.4. The molecule has 0 atom stereocenters. The third-order valence-corrected chi connectivity index (χ3v) is 8.36. The molecule has 0 saturated carbocycles. The molecule has 0 aliphatic heterocycles. The van der Waals surface area contributed by atoms with Crippen molar-refractivity contribution in [3.8, 4) is 22.8 Å². The Bertz CT molecular complexity index is 1810. The number of thioether (sulfide) groups is 1. The zero-order valence-corrected chi connectivity index (χ0v) is 25.3. The van der Waals surface area contributed by atoms with Crippen LogP contribution in [0.2, 0.25) is 0 Å². The first kappa shape index (κ1) is 29.7. The van der Waals surface area contributed by atoms with Gasteiger partial charge in [0.2, 0.25) is 5.91 Å². The van der Waals surface area contributed by atoms with Gasteiger partial charge in [-0.15, -0.1) is 10.2 Å². The Labute approximate surface area is 253 Å². The topological polar surface area (TPSA) is 141 Å². The van der Waals surface area contributed by atoms with Crippen LogP contribution in [0.4, 0.5) is 11.5 Å². The van der Waals surface area contributed by atoms with E-state index in [-0.39, 0.29) is 22.4 Å². The number of benzene rings is 3. The van der Waals surface area contributed by atoms with Crippen LogP contribution >= 0.6 is 11.8 Å². The number of hydrogen-bond acceptors (Lipinski definition) is 9. The third kappa shape index (κ3) is 7.37. The predicted molar refractivity (Wildman–Crippen MR) is 166 cm³/mol. The molecule has 5 aromatic rings. The lowest BCUT2D eigenvalue weighted by atomic mass is 10.2. The fourth-order valence-corrected chi connectivity index (χ4v) is 5.98. The minimum atomic E-state index is -3.88. The van der Waals surface area contributed by atoms with E-state index in [1.54, 1.807) is 19.9 Å². The van der Waals surface area contributed by atoms with E-state index in [1.807, 2.05) is 66.1 Å². The summed E-state index contributed by atoms with van der Waals surface area (Å²) in [4.78, 5) is 21.2. The molecule has 0 spiro atoms. The number of anilines is 2. The van der Waals surface area contributed by atoms with Crippen LogP contribution in [0.5, 0.6) is 5.75 Å². The first-order chi connectivity index (χ1) is 20.7. The van der Waals surface area contributed by atoms with E-state index in [2.05, 4.69) is 30.2 Å². The lowest BCUT2D eigenvalue weighted by molar-refractivity contribution is -0.113. The third-order valence-electron chi connectivity index (χ3n) is 6.06. The number of ether oxygens (including phenoxy) is 1. The van der Waals surface area contributed by atoms with Crippen LogP contribution in [0, 0.1) is 13.8 Å². The van der Waals surface area contributed by atoms with Gasteiger partial charge in [-0.3, -0.25) is 14.1 Å². The highest BCUT2D eigenvalue weighted by Gasteiger charge is 2.19. The van der Waals surface area contributed by atoms with Gasteiger partial charge >= 0.3 is 0 Å². The number of hydrogen-bond donors (Lipinski definition) is 2. The van der Waals surface area contributed by atoms with Gasteiger partial charge < -0.3 is 10.1 Å². The van der Waals surface area contributed by atoms with Gasteiger partial charge in [0.1, 0.15) is 17.4 Å². The largest absolute Gasteiger partial charge is 0.494 e. The summed E-state index contributed by atoms with van der Waals surface area (Å²) in [7, 11) is -3.88. The average molecular weight is 616 g/mol. The van der Waals surface area contributed by atoms with Crippen LogP contribution in [-0.2, 0) is 14.8 Å². The van der Waals surface area contributed by atoms with Crippen molar-refractivity contribution < 1.29 is 17.9 Å². The number of carbonyl (C=O) groups excluding carboxylic acids is 1. The smallest absolute Gasteiger partial charge is 0.263 e. The molecule has 13 heteroatoms. The summed E-state index contributed by atoms with van der Waals surface area (Å²) < 4.78 is 35.6. The first-order valence-corrected chi connectivity index (χ1v) is 15.8. The molecule has 43 heavy (non-hydrogen) atoms. The second kappa shape index (κ2) is 13.0. The van der Waals surface area contributed by atoms with Crippen molar-refractivity contribution in [1.29, 1.82) is 0 Å². The van der Waals surface area contributed by atoms with Crippen LogP contribution < -0.4 is 14.8 Å². The average Bonchev–Trinajstić information content (AvgIpc) is 3.41. The number of amides is 1. The molecular formula is C30H29N7O4S2. The summed E-state index contributed by atoms with van der Waals surface area (Å²) >= 11 is 1.24. The predicted octanol–water partition coefficient (Wildman–Crippen LogP) is 5.27. The normalized spacial score (nSPS) is 11.2. The van der Waals surface area contributed by atoms with E-state index in [9.17, 15) is 13.2 Å². The van der Waals surface area contributed by atoms with Crippen LogP contribution in [-0.4, -0.2) is 51.4 Å². The van der Waals surface area contributed by atoms with Gasteiger partial charge in [0.15, 0.2) is 11.0 Å². The maximum absolute atomic E-state index is 12.9. The lowest BCUT2D eigenvalue weighted by Crippen LogP contribution is -2.16. The number of nitrogens with one attached hydrogen (secondary N) is 2. The fourth-order valence-electron chi connectivity index (χ4n) is 4.24. The molecule has 11 nitrogen and oxygen atoms in total. The summed E-state index contributed by atoms with van der Waals surface area (Å²) in [6.45, 7) is 5.94. The molecule has 0 radical (unpaired) electrons.